The van der Waals surface area contributed by atoms with Crippen LogP contribution < -0.4 is 0 Å². The summed E-state index contributed by atoms with van der Waals surface area (Å²) in [4.78, 5) is 0. The maximum Gasteiger partial charge on any atom is 0.264 e. The molecular weight excluding hydrogens is 148 g/mol. The monoisotopic (exact) mass is 159 g/mol. The minimum Gasteiger partial charge on any atom is -0.286 e. The highest BCUT2D eigenvalue weighted by Crippen LogP contribution is 1.88. The number of hydrogen-bond acceptors (Lipinski definition) is 3. The van der Waals surface area contributed by atoms with Gasteiger partial charge in [0.2, 0.25) is 0 Å². The topological polar surface area (TPSA) is 54.4 Å². The molecule has 0 bridgehead atoms. The Hall–Kier alpha value is 0.260. The van der Waals surface area contributed by atoms with E-state index < -0.39 is 28.0 Å². The summed E-state index contributed by atoms with van der Waals surface area (Å²) >= 11 is 3.33. The molecule has 5 heteroatoms. The van der Waals surface area contributed by atoms with Crippen LogP contribution in [-0.2, 0) is 10.1 Å². The predicted octanol–water partition coefficient (Wildman–Crippen LogP) is 0.194. The first-order valence-electron chi connectivity index (χ1n) is 3.30. The molecule has 0 heterocycles. The summed E-state index contributed by atoms with van der Waals surface area (Å²) in [6, 6.07) is 0. The molecule has 0 aliphatic rings. The first-order chi connectivity index (χ1) is 4.63. The van der Waals surface area contributed by atoms with E-state index in [9.17, 15) is 8.42 Å². The van der Waals surface area contributed by atoms with Crippen LogP contribution >= 0.6 is 12.6 Å². The van der Waals surface area contributed by atoms with Crippen molar-refractivity contribution < 1.29 is 17.1 Å². The van der Waals surface area contributed by atoms with Crippen LogP contribution in [0.5, 0.6) is 0 Å². The fourth-order valence-corrected chi connectivity index (χ4v) is 0.651. The third kappa shape index (κ3) is 6.26. The Balaban J connectivity index is 4.21. The first-order valence-corrected chi connectivity index (χ1v) is 3.78. The molecule has 1 N–H and O–H groups in total. The van der Waals surface area contributed by atoms with E-state index in [0.29, 0.717) is 0 Å². The minimum atomic E-state index is -4.28. The van der Waals surface area contributed by atoms with Crippen LogP contribution in [0.15, 0.2) is 0 Å². The molecule has 3 nitrogen and oxygen atoms in total. The Morgan fingerprint density at radius 2 is 2.25 bits per heavy atom. The van der Waals surface area contributed by atoms with Crippen molar-refractivity contribution in [1.29, 1.82) is 0 Å². The van der Waals surface area contributed by atoms with Crippen LogP contribution in [0.25, 0.3) is 0 Å². The predicted molar refractivity (Wildman–Crippen MR) is 34.9 cm³/mol. The summed E-state index contributed by atoms with van der Waals surface area (Å²) in [6.07, 6.45) is -1.58. The Morgan fingerprint density at radius 3 is 2.38 bits per heavy atom. The molecule has 0 aromatic heterocycles. The zero-order chi connectivity index (χ0) is 9.28. The molecule has 50 valence electrons. The molecule has 0 aromatic rings. The van der Waals surface area contributed by atoms with Crippen molar-refractivity contribution >= 4 is 22.7 Å². The van der Waals surface area contributed by atoms with Gasteiger partial charge in [0.05, 0.1) is 5.75 Å². The molecule has 0 amide bonds. The van der Waals surface area contributed by atoms with Gasteiger partial charge < -0.3 is 0 Å². The summed E-state index contributed by atoms with van der Waals surface area (Å²) in [5.74, 6) is -0.941. The zero-order valence-corrected chi connectivity index (χ0v) is 5.61. The number of rotatable bonds is 3. The fraction of sp³-hybridized carbons (Fsp3) is 1.00. The van der Waals surface area contributed by atoms with Crippen molar-refractivity contribution in [1.82, 2.24) is 0 Å². The fourth-order valence-electron chi connectivity index (χ4n) is 0.143. The molecule has 0 rings (SSSR count). The van der Waals surface area contributed by atoms with E-state index in [-0.39, 0.29) is 0 Å². The van der Waals surface area contributed by atoms with Crippen LogP contribution in [0.1, 0.15) is 10.5 Å². The standard InChI is InChI=1S/C3H8O3S2/c4-8(5,6)3-1-2-7/h7H,1-3H2,(H,4,5,6)/i1D,2D2. The van der Waals surface area contributed by atoms with Gasteiger partial charge in [-0.2, -0.15) is 21.0 Å². The SMILES string of the molecule is [2H]C(CS(=O)(=O)O)C([2H])([2H])S. The smallest absolute Gasteiger partial charge is 0.264 e. The second kappa shape index (κ2) is 3.32. The lowest BCUT2D eigenvalue weighted by Crippen LogP contribution is -2.03. The van der Waals surface area contributed by atoms with Gasteiger partial charge in [-0.05, 0) is 12.1 Å². The van der Waals surface area contributed by atoms with Gasteiger partial charge >= 0.3 is 0 Å². The first kappa shape index (κ1) is 4.14. The molecule has 0 saturated heterocycles. The van der Waals surface area contributed by atoms with Gasteiger partial charge in [-0.1, -0.05) is 0 Å². The molecule has 8 heavy (non-hydrogen) atoms. The van der Waals surface area contributed by atoms with Crippen molar-refractivity contribution in [2.24, 2.45) is 0 Å². The third-order valence-electron chi connectivity index (χ3n) is 0.385. The molecule has 0 aromatic carbocycles. The van der Waals surface area contributed by atoms with Gasteiger partial charge in [0.15, 0.2) is 0 Å². The molecule has 0 saturated carbocycles. The van der Waals surface area contributed by atoms with Crippen molar-refractivity contribution in [3.8, 4) is 0 Å². The van der Waals surface area contributed by atoms with Crippen LogP contribution in [0.2, 0.25) is 0 Å². The highest BCUT2D eigenvalue weighted by molar-refractivity contribution is 7.85. The molecule has 0 radical (unpaired) electrons. The van der Waals surface area contributed by atoms with Gasteiger partial charge in [0, 0.05) is 4.11 Å². The lowest BCUT2D eigenvalue weighted by atomic mass is 10.6. The van der Waals surface area contributed by atoms with Crippen molar-refractivity contribution in [2.45, 2.75) is 6.40 Å². The van der Waals surface area contributed by atoms with Gasteiger partial charge in [0.25, 0.3) is 10.1 Å². The van der Waals surface area contributed by atoms with E-state index in [1.807, 2.05) is 0 Å². The second-order valence-electron chi connectivity index (χ2n) is 1.08. The van der Waals surface area contributed by atoms with Crippen LogP contribution in [0, 0.1) is 0 Å². The van der Waals surface area contributed by atoms with E-state index in [4.69, 9.17) is 8.67 Å². The number of hydrogen-bond donors (Lipinski definition) is 2. The second-order valence-corrected chi connectivity index (χ2v) is 2.84. The molecule has 1 unspecified atom stereocenters. The molecule has 0 aliphatic heterocycles. The quantitative estimate of drug-likeness (QED) is 0.456. The van der Waals surface area contributed by atoms with Gasteiger partial charge in [0.1, 0.15) is 0 Å². The Kier molecular flexibility index (Phi) is 1.72. The van der Waals surface area contributed by atoms with Gasteiger partial charge in [-0.15, -0.1) is 0 Å². The van der Waals surface area contributed by atoms with Gasteiger partial charge in [-0.3, -0.25) is 4.55 Å². The molecular formula is C3H8O3S2. The van der Waals surface area contributed by atoms with E-state index >= 15 is 0 Å². The Morgan fingerprint density at radius 1 is 1.75 bits per heavy atom. The van der Waals surface area contributed by atoms with Crippen molar-refractivity contribution in [2.75, 3.05) is 11.5 Å². The van der Waals surface area contributed by atoms with E-state index in [1.165, 1.54) is 0 Å². The maximum absolute atomic E-state index is 10.1. The number of thiol groups is 1. The Bertz CT molecular complexity index is 218. The summed E-state index contributed by atoms with van der Waals surface area (Å²) in [5, 5.41) is 0. The van der Waals surface area contributed by atoms with E-state index in [2.05, 4.69) is 12.6 Å². The maximum atomic E-state index is 10.1. The van der Waals surface area contributed by atoms with Gasteiger partial charge in [-0.25, -0.2) is 0 Å². The third-order valence-corrected chi connectivity index (χ3v) is 1.16. The highest BCUT2D eigenvalue weighted by atomic mass is 32.2. The minimum absolute atomic E-state index is 0.941. The molecule has 0 fully saturated rings. The Labute approximate surface area is 58.5 Å². The average Bonchev–Trinajstić information content (AvgIpc) is 1.56. The van der Waals surface area contributed by atoms with Crippen LogP contribution in [0.4, 0.5) is 0 Å². The largest absolute Gasteiger partial charge is 0.286 e. The lowest BCUT2D eigenvalue weighted by molar-refractivity contribution is 0.482. The van der Waals surface area contributed by atoms with Crippen molar-refractivity contribution in [3.05, 3.63) is 0 Å². The zero-order valence-electron chi connectivity index (χ0n) is 6.90. The molecule has 0 aliphatic carbocycles. The normalized spacial score (nSPS) is 23.0. The summed E-state index contributed by atoms with van der Waals surface area (Å²) in [7, 11) is -4.28. The summed E-state index contributed by atoms with van der Waals surface area (Å²) in [5.41, 5.74) is -2.21. The van der Waals surface area contributed by atoms with Crippen LogP contribution in [-0.4, -0.2) is 24.4 Å². The van der Waals surface area contributed by atoms with E-state index in [0.717, 1.165) is 0 Å². The van der Waals surface area contributed by atoms with Crippen LogP contribution in [0.3, 0.4) is 0 Å². The average molecular weight is 159 g/mol. The molecule has 1 atom stereocenters. The summed E-state index contributed by atoms with van der Waals surface area (Å²) < 4.78 is 48.9. The molecule has 0 spiro atoms. The lowest BCUT2D eigenvalue weighted by Gasteiger charge is -1.89. The highest BCUT2D eigenvalue weighted by Gasteiger charge is 2.00. The summed E-state index contributed by atoms with van der Waals surface area (Å²) in [6.45, 7) is 0. The van der Waals surface area contributed by atoms with Crippen molar-refractivity contribution in [3.63, 3.8) is 0 Å². The van der Waals surface area contributed by atoms with E-state index in [1.54, 1.807) is 0 Å².